The van der Waals surface area contributed by atoms with Gasteiger partial charge in [-0.1, -0.05) is 6.42 Å². The van der Waals surface area contributed by atoms with Crippen molar-refractivity contribution in [2.75, 3.05) is 0 Å². The van der Waals surface area contributed by atoms with Crippen molar-refractivity contribution in [2.24, 2.45) is 17.8 Å². The fourth-order valence-electron chi connectivity index (χ4n) is 3.86. The van der Waals surface area contributed by atoms with Gasteiger partial charge in [-0.05, 0) is 43.9 Å². The maximum Gasteiger partial charge on any atom is 0.331 e. The van der Waals surface area contributed by atoms with E-state index >= 15 is 0 Å². The van der Waals surface area contributed by atoms with Crippen LogP contribution >= 0.6 is 0 Å². The Labute approximate surface area is 99.5 Å². The molecule has 1 aliphatic heterocycles. The maximum absolute atomic E-state index is 11.6. The average molecular weight is 236 g/mol. The zero-order valence-electron chi connectivity index (χ0n) is 9.81. The summed E-state index contributed by atoms with van der Waals surface area (Å²) < 4.78 is 0. The predicted molar refractivity (Wildman–Crippen MR) is 58.8 cm³/mol. The Morgan fingerprint density at radius 2 is 2.00 bits per heavy atom. The van der Waals surface area contributed by atoms with E-state index < -0.39 is 17.8 Å². The molecule has 2 aliphatic carbocycles. The second-order valence-electron chi connectivity index (χ2n) is 5.51. The van der Waals surface area contributed by atoms with Crippen LogP contribution in [0.5, 0.6) is 0 Å². The van der Waals surface area contributed by atoms with Crippen molar-refractivity contribution in [1.29, 1.82) is 0 Å². The number of nitrogens with one attached hydrogen (secondary N) is 1. The van der Waals surface area contributed by atoms with Crippen LogP contribution < -0.4 is 5.32 Å². The molecular weight excluding hydrogens is 220 g/mol. The third kappa shape index (κ3) is 1.48. The van der Waals surface area contributed by atoms with E-state index in [1.165, 1.54) is 19.3 Å². The van der Waals surface area contributed by atoms with Crippen LogP contribution in [0.2, 0.25) is 0 Å². The van der Waals surface area contributed by atoms with Gasteiger partial charge in [-0.3, -0.25) is 19.8 Å². The fourth-order valence-corrected chi connectivity index (χ4v) is 3.86. The van der Waals surface area contributed by atoms with Gasteiger partial charge < -0.3 is 0 Å². The second-order valence-corrected chi connectivity index (χ2v) is 5.51. The van der Waals surface area contributed by atoms with Crippen molar-refractivity contribution < 1.29 is 14.4 Å². The van der Waals surface area contributed by atoms with E-state index in [0.717, 1.165) is 17.2 Å². The number of hydrogen-bond donors (Lipinski definition) is 1. The van der Waals surface area contributed by atoms with Crippen LogP contribution in [-0.2, 0) is 9.59 Å². The molecule has 17 heavy (non-hydrogen) atoms. The SMILES string of the molecule is C[C@@H]([C@@H]1C[C@@H]2CC[C@@H]1C2)N1C(=O)NC(=O)C1=O. The van der Waals surface area contributed by atoms with E-state index in [9.17, 15) is 14.4 Å². The number of nitrogens with zero attached hydrogens (tertiary/aromatic N) is 1. The van der Waals surface area contributed by atoms with Crippen LogP contribution in [0.1, 0.15) is 32.6 Å². The number of rotatable bonds is 2. The summed E-state index contributed by atoms with van der Waals surface area (Å²) in [5.41, 5.74) is 0. The monoisotopic (exact) mass is 236 g/mol. The van der Waals surface area contributed by atoms with Crippen LogP contribution in [0.15, 0.2) is 0 Å². The summed E-state index contributed by atoms with van der Waals surface area (Å²) in [5.74, 6) is 0.305. The summed E-state index contributed by atoms with van der Waals surface area (Å²) in [4.78, 5) is 35.5. The Hall–Kier alpha value is -1.39. The third-order valence-electron chi connectivity index (χ3n) is 4.67. The van der Waals surface area contributed by atoms with Gasteiger partial charge >= 0.3 is 17.8 Å². The summed E-state index contributed by atoms with van der Waals surface area (Å²) in [5, 5.41) is 2.06. The number of fused-ring (bicyclic) bond motifs is 2. The molecule has 0 spiro atoms. The molecule has 2 saturated carbocycles. The zero-order valence-corrected chi connectivity index (χ0v) is 9.81. The minimum Gasteiger partial charge on any atom is -0.269 e. The van der Waals surface area contributed by atoms with Crippen LogP contribution in [0.25, 0.3) is 0 Å². The number of hydrogen-bond acceptors (Lipinski definition) is 3. The molecule has 2 bridgehead atoms. The summed E-state index contributed by atoms with van der Waals surface area (Å²) in [6, 6.07) is -0.695. The van der Waals surface area contributed by atoms with E-state index in [1.807, 2.05) is 6.92 Å². The minimum atomic E-state index is -0.787. The van der Waals surface area contributed by atoms with Gasteiger partial charge in [0.05, 0.1) is 0 Å². The molecule has 1 N–H and O–H groups in total. The predicted octanol–water partition coefficient (Wildman–Crippen LogP) is 0.889. The van der Waals surface area contributed by atoms with Crippen LogP contribution in [0.4, 0.5) is 4.79 Å². The Balaban J connectivity index is 1.78. The van der Waals surface area contributed by atoms with E-state index in [0.29, 0.717) is 11.8 Å². The van der Waals surface area contributed by atoms with Crippen molar-refractivity contribution in [2.45, 2.75) is 38.6 Å². The van der Waals surface area contributed by atoms with Gasteiger partial charge in [0.2, 0.25) is 0 Å². The van der Waals surface area contributed by atoms with Gasteiger partial charge in [0.1, 0.15) is 0 Å². The molecule has 3 rings (SSSR count). The summed E-state index contributed by atoms with van der Waals surface area (Å²) >= 11 is 0. The molecular formula is C12H16N2O3. The van der Waals surface area contributed by atoms with E-state index in [1.54, 1.807) is 0 Å². The van der Waals surface area contributed by atoms with Crippen LogP contribution in [0, 0.1) is 17.8 Å². The van der Waals surface area contributed by atoms with Gasteiger partial charge in [0.15, 0.2) is 0 Å². The van der Waals surface area contributed by atoms with Gasteiger partial charge in [0.25, 0.3) is 0 Å². The average Bonchev–Trinajstić information content (AvgIpc) is 2.94. The number of urea groups is 1. The first-order valence-corrected chi connectivity index (χ1v) is 6.26. The molecule has 0 aromatic rings. The van der Waals surface area contributed by atoms with Crippen molar-refractivity contribution >= 4 is 17.8 Å². The van der Waals surface area contributed by atoms with E-state index in [2.05, 4.69) is 5.32 Å². The van der Waals surface area contributed by atoms with Gasteiger partial charge in [-0.2, -0.15) is 0 Å². The Morgan fingerprint density at radius 3 is 2.47 bits per heavy atom. The summed E-state index contributed by atoms with van der Waals surface area (Å²) in [6.07, 6.45) is 4.81. The molecule has 0 unspecified atom stereocenters. The van der Waals surface area contributed by atoms with Gasteiger partial charge in [0, 0.05) is 6.04 Å². The Kier molecular flexibility index (Phi) is 2.24. The van der Waals surface area contributed by atoms with Crippen molar-refractivity contribution in [1.82, 2.24) is 10.2 Å². The first kappa shape index (κ1) is 10.7. The molecule has 4 amide bonds. The first-order chi connectivity index (χ1) is 8.08. The number of amides is 4. The third-order valence-corrected chi connectivity index (χ3v) is 4.67. The number of carbonyl (C=O) groups excluding carboxylic acids is 3. The number of carbonyl (C=O) groups is 3. The molecule has 1 saturated heterocycles. The lowest BCUT2D eigenvalue weighted by Gasteiger charge is -2.32. The van der Waals surface area contributed by atoms with Gasteiger partial charge in [-0.25, -0.2) is 4.79 Å². The molecule has 5 heteroatoms. The fraction of sp³-hybridized carbons (Fsp3) is 0.750. The minimum absolute atomic E-state index is 0.149. The smallest absolute Gasteiger partial charge is 0.269 e. The summed E-state index contributed by atoms with van der Waals surface area (Å²) in [6.45, 7) is 1.89. The Morgan fingerprint density at radius 1 is 1.24 bits per heavy atom. The molecule has 4 atom stereocenters. The normalized spacial score (nSPS) is 37.8. The quantitative estimate of drug-likeness (QED) is 0.572. The van der Waals surface area contributed by atoms with E-state index in [-0.39, 0.29) is 6.04 Å². The number of imide groups is 2. The molecule has 1 heterocycles. The highest BCUT2D eigenvalue weighted by molar-refractivity contribution is 6.44. The highest BCUT2D eigenvalue weighted by Crippen LogP contribution is 2.50. The highest BCUT2D eigenvalue weighted by Gasteiger charge is 2.48. The molecule has 0 radical (unpaired) electrons. The largest absolute Gasteiger partial charge is 0.331 e. The molecule has 3 fully saturated rings. The summed E-state index contributed by atoms with van der Waals surface area (Å²) in [7, 11) is 0. The molecule has 92 valence electrons. The molecule has 5 nitrogen and oxygen atoms in total. The lowest BCUT2D eigenvalue weighted by atomic mass is 9.83. The van der Waals surface area contributed by atoms with Crippen molar-refractivity contribution in [3.8, 4) is 0 Å². The molecule has 0 aromatic carbocycles. The molecule has 0 aromatic heterocycles. The van der Waals surface area contributed by atoms with Gasteiger partial charge in [-0.15, -0.1) is 0 Å². The zero-order chi connectivity index (χ0) is 12.2. The maximum atomic E-state index is 11.6. The lowest BCUT2D eigenvalue weighted by molar-refractivity contribution is -0.141. The topological polar surface area (TPSA) is 66.5 Å². The Bertz CT molecular complexity index is 407. The first-order valence-electron chi connectivity index (χ1n) is 6.26. The standard InChI is InChI=1S/C12H16N2O3/c1-6(9-5-7-2-3-8(9)4-7)14-11(16)10(15)13-12(14)17/h6-9H,2-5H2,1H3,(H,13,15,17)/t6-,7+,8+,9-/m0/s1. The lowest BCUT2D eigenvalue weighted by Crippen LogP contribution is -2.44. The highest BCUT2D eigenvalue weighted by atomic mass is 16.2. The van der Waals surface area contributed by atoms with Crippen molar-refractivity contribution in [3.63, 3.8) is 0 Å². The van der Waals surface area contributed by atoms with Crippen LogP contribution in [-0.4, -0.2) is 28.8 Å². The van der Waals surface area contributed by atoms with E-state index in [4.69, 9.17) is 0 Å². The van der Waals surface area contributed by atoms with Crippen LogP contribution in [0.3, 0.4) is 0 Å². The van der Waals surface area contributed by atoms with Crippen molar-refractivity contribution in [3.05, 3.63) is 0 Å². The molecule has 3 aliphatic rings. The second kappa shape index (κ2) is 3.55.